The first-order chi connectivity index (χ1) is 10.3. The van der Waals surface area contributed by atoms with Gasteiger partial charge in [0.1, 0.15) is 0 Å². The molecule has 1 saturated heterocycles. The number of nitrogens with zero attached hydrogens (tertiary/aromatic N) is 1. The Morgan fingerprint density at radius 1 is 1.27 bits per heavy atom. The predicted molar refractivity (Wildman–Crippen MR) is 86.4 cm³/mol. The maximum Gasteiger partial charge on any atom is 0.306 e. The van der Waals surface area contributed by atoms with Crippen molar-refractivity contribution >= 4 is 11.9 Å². The Hall–Kier alpha value is -1.58. The van der Waals surface area contributed by atoms with Crippen molar-refractivity contribution in [3.63, 3.8) is 0 Å². The van der Waals surface area contributed by atoms with Crippen molar-refractivity contribution in [2.24, 2.45) is 11.3 Å². The minimum atomic E-state index is -0.743. The van der Waals surface area contributed by atoms with Gasteiger partial charge in [0, 0.05) is 19.2 Å². The number of amides is 1. The monoisotopic (exact) mass is 305 g/mol. The van der Waals surface area contributed by atoms with Crippen LogP contribution in [0, 0.1) is 11.3 Å². The van der Waals surface area contributed by atoms with Crippen molar-refractivity contribution in [3.05, 3.63) is 23.3 Å². The molecule has 1 heterocycles. The standard InChI is InChI=1S/C18H27NO3/c1-13-5-4-10-18(2,3)15(13)6-7-16(20)19-11-8-14(9-12-19)17(21)22/h6-7,14H,4-5,8-12H2,1-3H3,(H,21,22). The molecule has 1 amide bonds. The molecule has 0 unspecified atom stereocenters. The van der Waals surface area contributed by atoms with Gasteiger partial charge in [-0.05, 0) is 50.0 Å². The van der Waals surface area contributed by atoms with E-state index in [1.165, 1.54) is 17.6 Å². The molecule has 22 heavy (non-hydrogen) atoms. The molecule has 0 aromatic rings. The third-order valence-electron chi connectivity index (χ3n) is 5.09. The highest BCUT2D eigenvalue weighted by atomic mass is 16.4. The Labute approximate surface area is 132 Å². The topological polar surface area (TPSA) is 57.6 Å². The smallest absolute Gasteiger partial charge is 0.306 e. The van der Waals surface area contributed by atoms with Crippen LogP contribution < -0.4 is 0 Å². The zero-order valence-corrected chi connectivity index (χ0v) is 13.9. The van der Waals surface area contributed by atoms with Crippen LogP contribution in [-0.4, -0.2) is 35.0 Å². The maximum absolute atomic E-state index is 12.3. The van der Waals surface area contributed by atoms with Gasteiger partial charge in [0.05, 0.1) is 5.92 Å². The molecule has 0 saturated carbocycles. The van der Waals surface area contributed by atoms with Crippen molar-refractivity contribution in [1.82, 2.24) is 4.90 Å². The van der Waals surface area contributed by atoms with Gasteiger partial charge in [-0.3, -0.25) is 9.59 Å². The van der Waals surface area contributed by atoms with E-state index in [0.717, 1.165) is 12.8 Å². The van der Waals surface area contributed by atoms with Crippen molar-refractivity contribution in [1.29, 1.82) is 0 Å². The van der Waals surface area contributed by atoms with Gasteiger partial charge >= 0.3 is 5.97 Å². The van der Waals surface area contributed by atoms with E-state index in [4.69, 9.17) is 5.11 Å². The number of hydrogen-bond acceptors (Lipinski definition) is 2. The normalized spacial score (nSPS) is 23.1. The molecule has 0 aromatic heterocycles. The summed E-state index contributed by atoms with van der Waals surface area (Å²) in [7, 11) is 0. The molecule has 1 aliphatic carbocycles. The van der Waals surface area contributed by atoms with Crippen LogP contribution in [0.3, 0.4) is 0 Å². The van der Waals surface area contributed by atoms with Crippen LogP contribution in [0.15, 0.2) is 23.3 Å². The van der Waals surface area contributed by atoms with E-state index in [1.54, 1.807) is 11.0 Å². The average Bonchev–Trinajstić information content (AvgIpc) is 2.46. The van der Waals surface area contributed by atoms with E-state index in [0.29, 0.717) is 25.9 Å². The molecule has 0 atom stereocenters. The van der Waals surface area contributed by atoms with Crippen molar-refractivity contribution in [3.8, 4) is 0 Å². The quantitative estimate of drug-likeness (QED) is 0.813. The fraction of sp³-hybridized carbons (Fsp3) is 0.667. The second-order valence-corrected chi connectivity index (χ2v) is 7.20. The molecule has 0 radical (unpaired) electrons. The Morgan fingerprint density at radius 3 is 2.45 bits per heavy atom. The van der Waals surface area contributed by atoms with Gasteiger partial charge in [-0.2, -0.15) is 0 Å². The fourth-order valence-corrected chi connectivity index (χ4v) is 3.62. The number of piperidine rings is 1. The number of carboxylic acid groups (broad SMARTS) is 1. The van der Waals surface area contributed by atoms with Gasteiger partial charge < -0.3 is 10.0 Å². The van der Waals surface area contributed by atoms with E-state index in [2.05, 4.69) is 20.8 Å². The zero-order valence-electron chi connectivity index (χ0n) is 13.9. The Bertz CT molecular complexity index is 508. The second-order valence-electron chi connectivity index (χ2n) is 7.20. The number of allylic oxidation sites excluding steroid dienone is 3. The lowest BCUT2D eigenvalue weighted by Crippen LogP contribution is -2.39. The number of carboxylic acids is 1. The van der Waals surface area contributed by atoms with Gasteiger partial charge in [-0.15, -0.1) is 0 Å². The van der Waals surface area contributed by atoms with Crippen molar-refractivity contribution in [2.75, 3.05) is 13.1 Å². The summed E-state index contributed by atoms with van der Waals surface area (Å²) < 4.78 is 0. The molecule has 1 N–H and O–H groups in total. The van der Waals surface area contributed by atoms with Crippen molar-refractivity contribution < 1.29 is 14.7 Å². The zero-order chi connectivity index (χ0) is 16.3. The van der Waals surface area contributed by atoms with Crippen LogP contribution in [-0.2, 0) is 9.59 Å². The summed E-state index contributed by atoms with van der Waals surface area (Å²) in [5.41, 5.74) is 2.80. The van der Waals surface area contributed by atoms with E-state index in [1.807, 2.05) is 6.08 Å². The average molecular weight is 305 g/mol. The summed E-state index contributed by atoms with van der Waals surface area (Å²) >= 11 is 0. The van der Waals surface area contributed by atoms with E-state index >= 15 is 0 Å². The first-order valence-corrected chi connectivity index (χ1v) is 8.21. The van der Waals surface area contributed by atoms with Crippen LogP contribution in [0.5, 0.6) is 0 Å². The van der Waals surface area contributed by atoms with Crippen LogP contribution in [0.2, 0.25) is 0 Å². The maximum atomic E-state index is 12.3. The summed E-state index contributed by atoms with van der Waals surface area (Å²) in [4.78, 5) is 25.0. The molecular formula is C18H27NO3. The fourth-order valence-electron chi connectivity index (χ4n) is 3.62. The lowest BCUT2D eigenvalue weighted by atomic mass is 9.72. The Morgan fingerprint density at radius 2 is 1.91 bits per heavy atom. The molecule has 0 spiro atoms. The van der Waals surface area contributed by atoms with Gasteiger partial charge in [-0.1, -0.05) is 25.5 Å². The summed E-state index contributed by atoms with van der Waals surface area (Å²) in [6, 6.07) is 0. The predicted octanol–water partition coefficient (Wildman–Crippen LogP) is 3.39. The first-order valence-electron chi connectivity index (χ1n) is 8.21. The lowest BCUT2D eigenvalue weighted by Gasteiger charge is -2.33. The van der Waals surface area contributed by atoms with Crippen LogP contribution in [0.1, 0.15) is 52.9 Å². The number of aliphatic carboxylic acids is 1. The van der Waals surface area contributed by atoms with E-state index < -0.39 is 5.97 Å². The lowest BCUT2D eigenvalue weighted by molar-refractivity contribution is -0.144. The Kier molecular flexibility index (Phi) is 5.09. The molecular weight excluding hydrogens is 278 g/mol. The molecule has 2 aliphatic rings. The molecule has 0 bridgehead atoms. The van der Waals surface area contributed by atoms with E-state index in [9.17, 15) is 9.59 Å². The first kappa shape index (κ1) is 16.8. The largest absolute Gasteiger partial charge is 0.481 e. The summed E-state index contributed by atoms with van der Waals surface area (Å²) in [6.07, 6.45) is 8.26. The van der Waals surface area contributed by atoms with E-state index in [-0.39, 0.29) is 17.2 Å². The molecule has 122 valence electrons. The number of hydrogen-bond donors (Lipinski definition) is 1. The van der Waals surface area contributed by atoms with Gasteiger partial charge in [0.15, 0.2) is 0 Å². The third-order valence-corrected chi connectivity index (χ3v) is 5.09. The minimum Gasteiger partial charge on any atom is -0.481 e. The van der Waals surface area contributed by atoms with Crippen LogP contribution >= 0.6 is 0 Å². The van der Waals surface area contributed by atoms with Crippen LogP contribution in [0.4, 0.5) is 0 Å². The second kappa shape index (κ2) is 6.67. The highest BCUT2D eigenvalue weighted by molar-refractivity contribution is 5.88. The highest BCUT2D eigenvalue weighted by Gasteiger charge is 2.28. The molecule has 1 fully saturated rings. The number of likely N-dealkylation sites (tertiary alicyclic amines) is 1. The number of rotatable bonds is 3. The Balaban J connectivity index is 1.99. The molecule has 1 aliphatic heterocycles. The molecule has 2 rings (SSSR count). The number of carbonyl (C=O) groups is 2. The molecule has 4 heteroatoms. The summed E-state index contributed by atoms with van der Waals surface area (Å²) in [5.74, 6) is -1.03. The third kappa shape index (κ3) is 3.79. The molecule has 4 nitrogen and oxygen atoms in total. The van der Waals surface area contributed by atoms with Gasteiger partial charge in [0.2, 0.25) is 5.91 Å². The summed E-state index contributed by atoms with van der Waals surface area (Å²) in [5, 5.41) is 9.00. The molecule has 0 aromatic carbocycles. The van der Waals surface area contributed by atoms with Crippen LogP contribution in [0.25, 0.3) is 0 Å². The van der Waals surface area contributed by atoms with Gasteiger partial charge in [0.25, 0.3) is 0 Å². The minimum absolute atomic E-state index is 0.00510. The highest BCUT2D eigenvalue weighted by Crippen LogP contribution is 2.40. The van der Waals surface area contributed by atoms with Crippen molar-refractivity contribution in [2.45, 2.75) is 52.9 Å². The summed E-state index contributed by atoms with van der Waals surface area (Å²) in [6.45, 7) is 7.71. The number of carbonyl (C=O) groups excluding carboxylic acids is 1. The van der Waals surface area contributed by atoms with Gasteiger partial charge in [-0.25, -0.2) is 0 Å². The SMILES string of the molecule is CC1=C(C=CC(=O)N2CCC(C(=O)O)CC2)C(C)(C)CCC1.